The maximum Gasteiger partial charge on any atom is 0.303 e. The van der Waals surface area contributed by atoms with Crippen molar-refractivity contribution < 1.29 is 9.90 Å². The molecule has 0 atom stereocenters. The average Bonchev–Trinajstić information content (AvgIpc) is 2.08. The van der Waals surface area contributed by atoms with Crippen LogP contribution in [-0.2, 0) is 11.3 Å². The van der Waals surface area contributed by atoms with Crippen LogP contribution < -0.4 is 5.56 Å². The quantitative estimate of drug-likeness (QED) is 0.744. The van der Waals surface area contributed by atoms with Gasteiger partial charge in [-0.25, -0.2) is 0 Å². The number of aromatic nitrogens is 1. The predicted octanol–water partition coefficient (Wildman–Crippen LogP) is 0.713. The molecule has 0 aliphatic rings. The van der Waals surface area contributed by atoms with Gasteiger partial charge in [-0.2, -0.15) is 0 Å². The van der Waals surface area contributed by atoms with Gasteiger partial charge in [0.2, 0.25) is 5.56 Å². The molecule has 1 heterocycles. The van der Waals surface area contributed by atoms with Gasteiger partial charge in [0.1, 0.15) is 0 Å². The van der Waals surface area contributed by atoms with Crippen LogP contribution in [0.5, 0.6) is 0 Å². The van der Waals surface area contributed by atoms with E-state index in [1.807, 2.05) is 0 Å². The summed E-state index contributed by atoms with van der Waals surface area (Å²) in [7, 11) is 0. The summed E-state index contributed by atoms with van der Waals surface area (Å²) in [6.07, 6.45) is 2.24. The zero-order valence-corrected chi connectivity index (χ0v) is 7.14. The number of aryl methyl sites for hydroxylation is 1. The molecular formula is C9H11NO3. The summed E-state index contributed by atoms with van der Waals surface area (Å²) in [4.78, 5) is 21.3. The Bertz CT molecular complexity index is 343. The normalized spacial score (nSPS) is 9.85. The maximum absolute atomic E-state index is 11.1. The number of rotatable bonds is 4. The van der Waals surface area contributed by atoms with Crippen molar-refractivity contribution in [2.75, 3.05) is 0 Å². The maximum atomic E-state index is 11.1. The summed E-state index contributed by atoms with van der Waals surface area (Å²) in [5.41, 5.74) is -0.0899. The molecule has 13 heavy (non-hydrogen) atoms. The van der Waals surface area contributed by atoms with Crippen LogP contribution in [0.1, 0.15) is 12.8 Å². The first kappa shape index (κ1) is 9.51. The van der Waals surface area contributed by atoms with E-state index in [1.54, 1.807) is 18.3 Å². The highest BCUT2D eigenvalue weighted by molar-refractivity contribution is 5.66. The van der Waals surface area contributed by atoms with Gasteiger partial charge in [0, 0.05) is 25.2 Å². The number of carboxylic acid groups (broad SMARTS) is 1. The Morgan fingerprint density at radius 1 is 1.46 bits per heavy atom. The van der Waals surface area contributed by atoms with Crippen LogP contribution in [0.25, 0.3) is 0 Å². The molecular weight excluding hydrogens is 170 g/mol. The fourth-order valence-electron chi connectivity index (χ4n) is 1.05. The van der Waals surface area contributed by atoms with Gasteiger partial charge in [-0.15, -0.1) is 0 Å². The van der Waals surface area contributed by atoms with Crippen molar-refractivity contribution in [3.63, 3.8) is 0 Å². The van der Waals surface area contributed by atoms with E-state index in [4.69, 9.17) is 5.11 Å². The largest absolute Gasteiger partial charge is 0.481 e. The minimum Gasteiger partial charge on any atom is -0.481 e. The fraction of sp³-hybridized carbons (Fsp3) is 0.333. The molecule has 0 bridgehead atoms. The highest BCUT2D eigenvalue weighted by Crippen LogP contribution is 1.92. The molecule has 0 radical (unpaired) electrons. The number of hydrogen-bond acceptors (Lipinski definition) is 2. The van der Waals surface area contributed by atoms with Crippen LogP contribution in [0, 0.1) is 0 Å². The zero-order chi connectivity index (χ0) is 9.68. The van der Waals surface area contributed by atoms with Crippen molar-refractivity contribution in [3.8, 4) is 0 Å². The molecule has 4 nitrogen and oxygen atoms in total. The number of pyridine rings is 1. The summed E-state index contributed by atoms with van der Waals surface area (Å²) in [6.45, 7) is 0.464. The number of hydrogen-bond donors (Lipinski definition) is 1. The van der Waals surface area contributed by atoms with Gasteiger partial charge in [0.15, 0.2) is 0 Å². The van der Waals surface area contributed by atoms with E-state index in [2.05, 4.69) is 0 Å². The summed E-state index contributed by atoms with van der Waals surface area (Å²) in [5, 5.41) is 8.37. The fourth-order valence-corrected chi connectivity index (χ4v) is 1.05. The summed E-state index contributed by atoms with van der Waals surface area (Å²) >= 11 is 0. The Balaban J connectivity index is 2.50. The van der Waals surface area contributed by atoms with Crippen LogP contribution in [0.3, 0.4) is 0 Å². The summed E-state index contributed by atoms with van der Waals surface area (Å²) < 4.78 is 1.50. The molecule has 4 heteroatoms. The van der Waals surface area contributed by atoms with Crippen molar-refractivity contribution in [2.24, 2.45) is 0 Å². The number of aliphatic carboxylic acids is 1. The van der Waals surface area contributed by atoms with Crippen LogP contribution in [0.2, 0.25) is 0 Å². The third kappa shape index (κ3) is 3.11. The smallest absolute Gasteiger partial charge is 0.303 e. The van der Waals surface area contributed by atoms with Crippen molar-refractivity contribution in [1.29, 1.82) is 0 Å². The van der Waals surface area contributed by atoms with Gasteiger partial charge in [0.25, 0.3) is 0 Å². The molecule has 0 aromatic carbocycles. The average molecular weight is 181 g/mol. The van der Waals surface area contributed by atoms with Crippen LogP contribution >= 0.6 is 0 Å². The third-order valence-corrected chi connectivity index (χ3v) is 1.69. The van der Waals surface area contributed by atoms with E-state index < -0.39 is 5.97 Å². The zero-order valence-electron chi connectivity index (χ0n) is 7.14. The Morgan fingerprint density at radius 2 is 2.23 bits per heavy atom. The Morgan fingerprint density at radius 3 is 2.85 bits per heavy atom. The van der Waals surface area contributed by atoms with Gasteiger partial charge < -0.3 is 9.67 Å². The lowest BCUT2D eigenvalue weighted by Crippen LogP contribution is -2.18. The van der Waals surface area contributed by atoms with Gasteiger partial charge in [-0.05, 0) is 12.5 Å². The second-order valence-electron chi connectivity index (χ2n) is 2.73. The topological polar surface area (TPSA) is 59.3 Å². The first-order valence-electron chi connectivity index (χ1n) is 4.07. The van der Waals surface area contributed by atoms with Crippen molar-refractivity contribution in [2.45, 2.75) is 19.4 Å². The first-order valence-corrected chi connectivity index (χ1v) is 4.07. The van der Waals surface area contributed by atoms with E-state index in [0.717, 1.165) is 0 Å². The molecule has 0 amide bonds. The van der Waals surface area contributed by atoms with E-state index in [9.17, 15) is 9.59 Å². The van der Waals surface area contributed by atoms with Gasteiger partial charge in [-0.1, -0.05) is 6.07 Å². The van der Waals surface area contributed by atoms with E-state index in [-0.39, 0.29) is 12.0 Å². The molecule has 0 aliphatic heterocycles. The molecule has 0 unspecified atom stereocenters. The van der Waals surface area contributed by atoms with Gasteiger partial charge in [0.05, 0.1) is 0 Å². The molecule has 0 saturated heterocycles. The molecule has 0 saturated carbocycles. The third-order valence-electron chi connectivity index (χ3n) is 1.69. The first-order chi connectivity index (χ1) is 6.20. The van der Waals surface area contributed by atoms with Crippen LogP contribution in [0.4, 0.5) is 0 Å². The highest BCUT2D eigenvalue weighted by Gasteiger charge is 1.97. The van der Waals surface area contributed by atoms with Crippen LogP contribution in [0.15, 0.2) is 29.2 Å². The second kappa shape index (κ2) is 4.45. The lowest BCUT2D eigenvalue weighted by molar-refractivity contribution is -0.137. The van der Waals surface area contributed by atoms with Crippen LogP contribution in [-0.4, -0.2) is 15.6 Å². The molecule has 1 rings (SSSR count). The number of nitrogens with zero attached hydrogens (tertiary/aromatic N) is 1. The highest BCUT2D eigenvalue weighted by atomic mass is 16.4. The minimum absolute atomic E-state index is 0.0899. The monoisotopic (exact) mass is 181 g/mol. The second-order valence-corrected chi connectivity index (χ2v) is 2.73. The van der Waals surface area contributed by atoms with Crippen molar-refractivity contribution >= 4 is 5.97 Å². The molecule has 0 fully saturated rings. The molecule has 1 aromatic rings. The van der Waals surface area contributed by atoms with Crippen molar-refractivity contribution in [3.05, 3.63) is 34.7 Å². The number of carbonyl (C=O) groups is 1. The molecule has 0 spiro atoms. The van der Waals surface area contributed by atoms with E-state index in [0.29, 0.717) is 13.0 Å². The standard InChI is InChI=1S/C9H11NO3/c11-8-4-1-2-6-10(8)7-3-5-9(12)13/h1-2,4,6H,3,5,7H2,(H,12,13). The van der Waals surface area contributed by atoms with Crippen molar-refractivity contribution in [1.82, 2.24) is 4.57 Å². The summed E-state index contributed by atoms with van der Waals surface area (Å²) in [5.74, 6) is -0.830. The summed E-state index contributed by atoms with van der Waals surface area (Å²) in [6, 6.07) is 4.87. The Hall–Kier alpha value is -1.58. The molecule has 1 aromatic heterocycles. The van der Waals surface area contributed by atoms with Gasteiger partial charge >= 0.3 is 5.97 Å². The van der Waals surface area contributed by atoms with E-state index >= 15 is 0 Å². The SMILES string of the molecule is O=C(O)CCCn1ccccc1=O. The predicted molar refractivity (Wildman–Crippen MR) is 47.6 cm³/mol. The van der Waals surface area contributed by atoms with Gasteiger partial charge in [-0.3, -0.25) is 9.59 Å². The Labute approximate surface area is 75.4 Å². The molecule has 1 N–H and O–H groups in total. The molecule has 0 aliphatic carbocycles. The molecule has 70 valence electrons. The lowest BCUT2D eigenvalue weighted by Gasteiger charge is -2.01. The number of carboxylic acids is 1. The van der Waals surface area contributed by atoms with E-state index in [1.165, 1.54) is 10.6 Å². The Kier molecular flexibility index (Phi) is 3.25. The minimum atomic E-state index is -0.830. The lowest BCUT2D eigenvalue weighted by atomic mass is 10.3.